The number of aryl methyl sites for hydroxylation is 1. The molecule has 0 bridgehead atoms. The van der Waals surface area contributed by atoms with Gasteiger partial charge in [0, 0.05) is 31.3 Å². The van der Waals surface area contributed by atoms with Crippen molar-refractivity contribution >= 4 is 5.91 Å². The minimum Gasteiger partial charge on any atom is -0.368 e. The second-order valence-electron chi connectivity index (χ2n) is 8.99. The fourth-order valence-electron chi connectivity index (χ4n) is 3.79. The van der Waals surface area contributed by atoms with E-state index in [1.165, 1.54) is 5.56 Å². The van der Waals surface area contributed by atoms with Crippen LogP contribution < -0.4 is 11.1 Å². The molecule has 1 aromatic carbocycles. The van der Waals surface area contributed by atoms with Gasteiger partial charge in [0.05, 0.1) is 0 Å². The van der Waals surface area contributed by atoms with Crippen LogP contribution in [0.15, 0.2) is 73.3 Å². The summed E-state index contributed by atoms with van der Waals surface area (Å²) in [6.45, 7) is 7.16. The number of hydrogen-bond donors (Lipinski definition) is 2. The summed E-state index contributed by atoms with van der Waals surface area (Å²) in [5, 5.41) is 3.51. The molecular weight excluding hydrogens is 384 g/mol. The van der Waals surface area contributed by atoms with Gasteiger partial charge in [-0.3, -0.25) is 20.1 Å². The molecule has 0 fully saturated rings. The van der Waals surface area contributed by atoms with Crippen LogP contribution in [0.4, 0.5) is 0 Å². The largest absolute Gasteiger partial charge is 0.368 e. The Morgan fingerprint density at radius 1 is 0.871 bits per heavy atom. The SMILES string of the molecule is CC(C)(C)c1ccc(C(CCc2ccncc2)(NCCc2cccnc2)C(N)=O)cc1. The molecule has 3 aromatic rings. The van der Waals surface area contributed by atoms with Crippen LogP contribution in [0, 0.1) is 0 Å². The number of hydrogen-bond acceptors (Lipinski definition) is 4. The van der Waals surface area contributed by atoms with Gasteiger partial charge < -0.3 is 5.73 Å². The third-order valence-corrected chi connectivity index (χ3v) is 5.77. The molecule has 0 aliphatic rings. The van der Waals surface area contributed by atoms with E-state index in [4.69, 9.17) is 5.73 Å². The van der Waals surface area contributed by atoms with E-state index < -0.39 is 5.54 Å². The third-order valence-electron chi connectivity index (χ3n) is 5.77. The van der Waals surface area contributed by atoms with Crippen LogP contribution in [0.25, 0.3) is 0 Å². The van der Waals surface area contributed by atoms with Crippen LogP contribution in [0.1, 0.15) is 49.4 Å². The minimum absolute atomic E-state index is 0.0404. The lowest BCUT2D eigenvalue weighted by molar-refractivity contribution is -0.125. The highest BCUT2D eigenvalue weighted by atomic mass is 16.1. The lowest BCUT2D eigenvalue weighted by Crippen LogP contribution is -2.53. The van der Waals surface area contributed by atoms with Crippen molar-refractivity contribution in [3.63, 3.8) is 0 Å². The van der Waals surface area contributed by atoms with E-state index in [0.717, 1.165) is 23.1 Å². The van der Waals surface area contributed by atoms with Crippen LogP contribution in [0.5, 0.6) is 0 Å². The molecule has 0 aliphatic carbocycles. The Balaban J connectivity index is 1.88. The van der Waals surface area contributed by atoms with Crippen LogP contribution in [0.2, 0.25) is 0 Å². The summed E-state index contributed by atoms with van der Waals surface area (Å²) >= 11 is 0. The molecule has 2 aromatic heterocycles. The van der Waals surface area contributed by atoms with Crippen LogP contribution >= 0.6 is 0 Å². The zero-order valence-corrected chi connectivity index (χ0v) is 18.6. The highest BCUT2D eigenvalue weighted by Gasteiger charge is 2.37. The third kappa shape index (κ3) is 5.76. The normalized spacial score (nSPS) is 13.5. The molecule has 162 valence electrons. The molecule has 0 saturated carbocycles. The highest BCUT2D eigenvalue weighted by Crippen LogP contribution is 2.30. The average Bonchev–Trinajstić information content (AvgIpc) is 2.77. The summed E-state index contributed by atoms with van der Waals surface area (Å²) in [6, 6.07) is 16.2. The van der Waals surface area contributed by atoms with E-state index >= 15 is 0 Å². The summed E-state index contributed by atoms with van der Waals surface area (Å²) in [5.74, 6) is -0.365. The number of benzene rings is 1. The van der Waals surface area contributed by atoms with E-state index in [0.29, 0.717) is 19.4 Å². The number of primary amides is 1. The van der Waals surface area contributed by atoms with Crippen LogP contribution in [-0.2, 0) is 28.6 Å². The Labute approximate surface area is 185 Å². The van der Waals surface area contributed by atoms with Crippen molar-refractivity contribution in [1.29, 1.82) is 0 Å². The minimum atomic E-state index is -0.956. The highest BCUT2D eigenvalue weighted by molar-refractivity contribution is 5.86. The van der Waals surface area contributed by atoms with Gasteiger partial charge >= 0.3 is 0 Å². The topological polar surface area (TPSA) is 80.9 Å². The first-order valence-corrected chi connectivity index (χ1v) is 10.7. The van der Waals surface area contributed by atoms with Crippen molar-refractivity contribution in [2.24, 2.45) is 5.73 Å². The number of nitrogens with two attached hydrogens (primary N) is 1. The van der Waals surface area contributed by atoms with Crippen molar-refractivity contribution in [2.45, 2.75) is 51.0 Å². The smallest absolute Gasteiger partial charge is 0.242 e. The molecule has 5 heteroatoms. The van der Waals surface area contributed by atoms with Crippen molar-refractivity contribution in [1.82, 2.24) is 15.3 Å². The maximum Gasteiger partial charge on any atom is 0.242 e. The van der Waals surface area contributed by atoms with Gasteiger partial charge in [0.2, 0.25) is 5.91 Å². The van der Waals surface area contributed by atoms with Crippen LogP contribution in [0.3, 0.4) is 0 Å². The zero-order valence-electron chi connectivity index (χ0n) is 18.6. The van der Waals surface area contributed by atoms with Gasteiger partial charge in [0.1, 0.15) is 5.54 Å². The van der Waals surface area contributed by atoms with E-state index in [1.807, 2.05) is 42.6 Å². The van der Waals surface area contributed by atoms with Gasteiger partial charge in [-0.05, 0) is 65.1 Å². The number of carbonyl (C=O) groups excluding carboxylic acids is 1. The monoisotopic (exact) mass is 416 g/mol. The fraction of sp³-hybridized carbons (Fsp3) is 0.346. The molecule has 1 atom stereocenters. The van der Waals surface area contributed by atoms with Gasteiger partial charge in [-0.25, -0.2) is 0 Å². The number of aromatic nitrogens is 2. The molecule has 0 saturated heterocycles. The molecule has 2 heterocycles. The number of rotatable bonds is 9. The molecule has 3 N–H and O–H groups in total. The quantitative estimate of drug-likeness (QED) is 0.554. The van der Waals surface area contributed by atoms with Crippen molar-refractivity contribution in [3.05, 3.63) is 95.6 Å². The summed E-state index contributed by atoms with van der Waals surface area (Å²) in [7, 11) is 0. The first-order chi connectivity index (χ1) is 14.8. The van der Waals surface area contributed by atoms with E-state index in [1.54, 1.807) is 18.6 Å². The van der Waals surface area contributed by atoms with Gasteiger partial charge in [-0.15, -0.1) is 0 Å². The van der Waals surface area contributed by atoms with Crippen molar-refractivity contribution < 1.29 is 4.79 Å². The summed E-state index contributed by atoms with van der Waals surface area (Å²) < 4.78 is 0. The van der Waals surface area contributed by atoms with Gasteiger partial charge in [0.15, 0.2) is 0 Å². The molecule has 5 nitrogen and oxygen atoms in total. The Bertz CT molecular complexity index is 966. The Morgan fingerprint density at radius 3 is 2.13 bits per heavy atom. The number of carbonyl (C=O) groups is 1. The Hall–Kier alpha value is -3.05. The molecule has 31 heavy (non-hydrogen) atoms. The molecule has 0 radical (unpaired) electrons. The van der Waals surface area contributed by atoms with Crippen LogP contribution in [-0.4, -0.2) is 22.4 Å². The molecule has 3 rings (SSSR count). The standard InChI is InChI=1S/C26H32N4O/c1-25(2,3)22-6-8-23(9-7-22)26(24(27)31,14-10-20-11-16-28-17-12-20)30-18-13-21-5-4-15-29-19-21/h4-9,11-12,15-17,19,30H,10,13-14,18H2,1-3H3,(H2,27,31). The Morgan fingerprint density at radius 2 is 1.55 bits per heavy atom. The fourth-order valence-corrected chi connectivity index (χ4v) is 3.79. The van der Waals surface area contributed by atoms with Gasteiger partial charge in [-0.1, -0.05) is 51.1 Å². The maximum absolute atomic E-state index is 12.9. The summed E-state index contributed by atoms with van der Waals surface area (Å²) in [4.78, 5) is 21.2. The molecular formula is C26H32N4O. The van der Waals surface area contributed by atoms with Gasteiger partial charge in [-0.2, -0.15) is 0 Å². The first-order valence-electron chi connectivity index (χ1n) is 10.7. The first kappa shape index (κ1) is 22.6. The van der Waals surface area contributed by atoms with E-state index in [9.17, 15) is 4.79 Å². The van der Waals surface area contributed by atoms with E-state index in [2.05, 4.69) is 48.2 Å². The van der Waals surface area contributed by atoms with Gasteiger partial charge in [0.25, 0.3) is 0 Å². The lowest BCUT2D eigenvalue weighted by atomic mass is 9.80. The number of nitrogens with one attached hydrogen (secondary N) is 1. The Kier molecular flexibility index (Phi) is 7.18. The second-order valence-corrected chi connectivity index (χ2v) is 8.99. The molecule has 0 spiro atoms. The number of pyridine rings is 2. The second kappa shape index (κ2) is 9.84. The average molecular weight is 417 g/mol. The number of nitrogens with zero attached hydrogens (tertiary/aromatic N) is 2. The lowest BCUT2D eigenvalue weighted by Gasteiger charge is -2.33. The van der Waals surface area contributed by atoms with E-state index in [-0.39, 0.29) is 11.3 Å². The van der Waals surface area contributed by atoms with Crippen molar-refractivity contribution in [3.8, 4) is 0 Å². The predicted octanol–water partition coefficient (Wildman–Crippen LogP) is 3.92. The predicted molar refractivity (Wildman–Crippen MR) is 125 cm³/mol. The molecule has 0 aliphatic heterocycles. The molecule has 1 unspecified atom stereocenters. The summed E-state index contributed by atoms with van der Waals surface area (Å²) in [6.07, 6.45) is 9.20. The van der Waals surface area contributed by atoms with Crippen molar-refractivity contribution in [2.75, 3.05) is 6.54 Å². The zero-order chi connectivity index (χ0) is 22.3. The summed E-state index contributed by atoms with van der Waals surface area (Å²) in [5.41, 5.74) is 9.49. The molecule has 1 amide bonds. The maximum atomic E-state index is 12.9. The number of amides is 1.